The van der Waals surface area contributed by atoms with Crippen LogP contribution in [0.15, 0.2) is 16.4 Å². The monoisotopic (exact) mass is 252 g/mol. The minimum Gasteiger partial charge on any atom is -0.309 e. The molecule has 2 rings (SSSR count). The number of thiazole rings is 1. The number of nitrogens with one attached hydrogen (secondary N) is 2. The van der Waals surface area contributed by atoms with Crippen molar-refractivity contribution in [1.82, 2.24) is 14.8 Å². The molecule has 2 heterocycles. The second-order valence-electron chi connectivity index (χ2n) is 3.71. The van der Waals surface area contributed by atoms with Crippen LogP contribution >= 0.6 is 11.3 Å². The quantitative estimate of drug-likeness (QED) is 0.851. The summed E-state index contributed by atoms with van der Waals surface area (Å²) >= 11 is 1.09. The van der Waals surface area contributed by atoms with Gasteiger partial charge in [-0.25, -0.2) is 0 Å². The second kappa shape index (κ2) is 4.54. The summed E-state index contributed by atoms with van der Waals surface area (Å²) in [6, 6.07) is 0. The molecular weight excluding hydrogens is 240 g/mol. The minimum absolute atomic E-state index is 0.0205. The number of amides is 1. The van der Waals surface area contributed by atoms with Crippen LogP contribution in [0.3, 0.4) is 0 Å². The summed E-state index contributed by atoms with van der Waals surface area (Å²) in [5.41, 5.74) is 1.64. The highest BCUT2D eigenvalue weighted by molar-refractivity contribution is 7.07. The van der Waals surface area contributed by atoms with Crippen LogP contribution in [0, 0.1) is 13.8 Å². The van der Waals surface area contributed by atoms with Crippen molar-refractivity contribution in [1.29, 1.82) is 0 Å². The van der Waals surface area contributed by atoms with E-state index in [1.165, 1.54) is 4.57 Å². The number of nitrogens with zero attached hydrogens (tertiary/aromatic N) is 2. The van der Waals surface area contributed by atoms with Crippen LogP contribution in [0.4, 0.5) is 5.82 Å². The maximum Gasteiger partial charge on any atom is 0.307 e. The highest BCUT2D eigenvalue weighted by Gasteiger charge is 2.10. The topological polar surface area (TPSA) is 79.8 Å². The fourth-order valence-corrected chi connectivity index (χ4v) is 2.13. The number of carbonyl (C=O) groups is 1. The molecule has 7 heteroatoms. The van der Waals surface area contributed by atoms with E-state index in [1.807, 2.05) is 6.92 Å². The Hall–Kier alpha value is -1.89. The molecule has 0 aliphatic heterocycles. The average Bonchev–Trinajstić information content (AvgIpc) is 2.80. The molecule has 2 N–H and O–H groups in total. The molecule has 2 aromatic rings. The Kier molecular flexibility index (Phi) is 3.10. The first-order valence-electron chi connectivity index (χ1n) is 5.02. The highest BCUT2D eigenvalue weighted by Crippen LogP contribution is 2.08. The standard InChI is InChI=1S/C10H12N4O2S/c1-6-3-11-13-9(6)12-8(15)4-14-7(2)5-17-10(14)16/h3,5H,4H2,1-2H3,(H2,11,12,13,15). The van der Waals surface area contributed by atoms with E-state index in [0.717, 1.165) is 22.6 Å². The Morgan fingerprint density at radius 1 is 1.59 bits per heavy atom. The van der Waals surface area contributed by atoms with Crippen molar-refractivity contribution in [2.24, 2.45) is 0 Å². The number of rotatable bonds is 3. The Bertz CT molecular complexity index is 595. The van der Waals surface area contributed by atoms with Crippen molar-refractivity contribution >= 4 is 23.1 Å². The second-order valence-corrected chi connectivity index (χ2v) is 4.53. The van der Waals surface area contributed by atoms with Gasteiger partial charge >= 0.3 is 4.87 Å². The van der Waals surface area contributed by atoms with Crippen molar-refractivity contribution in [3.05, 3.63) is 32.5 Å². The molecule has 0 radical (unpaired) electrons. The first-order valence-corrected chi connectivity index (χ1v) is 5.90. The van der Waals surface area contributed by atoms with E-state index in [4.69, 9.17) is 0 Å². The van der Waals surface area contributed by atoms with Crippen LogP contribution in [-0.4, -0.2) is 20.7 Å². The number of carbonyl (C=O) groups excluding carboxylic acids is 1. The van der Waals surface area contributed by atoms with Gasteiger partial charge in [0.2, 0.25) is 5.91 Å². The summed E-state index contributed by atoms with van der Waals surface area (Å²) in [5.74, 6) is 0.317. The number of H-pyrrole nitrogens is 1. The van der Waals surface area contributed by atoms with Crippen molar-refractivity contribution in [3.8, 4) is 0 Å². The summed E-state index contributed by atoms with van der Waals surface area (Å²) in [6.45, 7) is 3.65. The Morgan fingerprint density at radius 3 is 2.88 bits per heavy atom. The number of aromatic amines is 1. The van der Waals surface area contributed by atoms with Crippen molar-refractivity contribution < 1.29 is 4.79 Å². The van der Waals surface area contributed by atoms with Crippen molar-refractivity contribution in [2.45, 2.75) is 20.4 Å². The van der Waals surface area contributed by atoms with Gasteiger partial charge in [-0.05, 0) is 13.8 Å². The van der Waals surface area contributed by atoms with Crippen molar-refractivity contribution in [3.63, 3.8) is 0 Å². The summed E-state index contributed by atoms with van der Waals surface area (Å²) in [4.78, 5) is 23.0. The smallest absolute Gasteiger partial charge is 0.307 e. The lowest BCUT2D eigenvalue weighted by Gasteiger charge is -2.05. The lowest BCUT2D eigenvalue weighted by Crippen LogP contribution is -2.25. The Labute approximate surface area is 101 Å². The van der Waals surface area contributed by atoms with E-state index in [1.54, 1.807) is 18.5 Å². The number of aryl methyl sites for hydroxylation is 2. The highest BCUT2D eigenvalue weighted by atomic mass is 32.1. The van der Waals surface area contributed by atoms with E-state index in [2.05, 4.69) is 15.5 Å². The Balaban J connectivity index is 2.08. The fraction of sp³-hybridized carbons (Fsp3) is 0.300. The molecule has 1 amide bonds. The molecule has 0 spiro atoms. The molecule has 0 saturated heterocycles. The minimum atomic E-state index is -0.249. The lowest BCUT2D eigenvalue weighted by molar-refractivity contribution is -0.116. The van der Waals surface area contributed by atoms with Crippen LogP contribution in [-0.2, 0) is 11.3 Å². The van der Waals surface area contributed by atoms with E-state index < -0.39 is 0 Å². The molecule has 0 bridgehead atoms. The SMILES string of the molecule is Cc1cn[nH]c1NC(=O)Cn1c(C)csc1=O. The van der Waals surface area contributed by atoms with Crippen LogP contribution in [0.2, 0.25) is 0 Å². The van der Waals surface area contributed by atoms with Gasteiger partial charge in [-0.1, -0.05) is 11.3 Å². The number of aromatic nitrogens is 3. The molecule has 0 aromatic carbocycles. The van der Waals surface area contributed by atoms with E-state index in [-0.39, 0.29) is 17.3 Å². The third kappa shape index (κ3) is 2.44. The zero-order chi connectivity index (χ0) is 12.4. The number of hydrogen-bond acceptors (Lipinski definition) is 4. The van der Waals surface area contributed by atoms with Gasteiger partial charge in [0.15, 0.2) is 0 Å². The zero-order valence-corrected chi connectivity index (χ0v) is 10.3. The molecule has 17 heavy (non-hydrogen) atoms. The molecule has 0 fully saturated rings. The molecule has 6 nitrogen and oxygen atoms in total. The van der Waals surface area contributed by atoms with Crippen LogP contribution in [0.5, 0.6) is 0 Å². The van der Waals surface area contributed by atoms with Gasteiger partial charge in [-0.3, -0.25) is 19.3 Å². The largest absolute Gasteiger partial charge is 0.309 e. The third-order valence-electron chi connectivity index (χ3n) is 2.37. The van der Waals surface area contributed by atoms with Gasteiger partial charge < -0.3 is 5.32 Å². The predicted octanol–water partition coefficient (Wildman–Crippen LogP) is 0.888. The summed E-state index contributed by atoms with van der Waals surface area (Å²) in [7, 11) is 0. The normalized spacial score (nSPS) is 10.5. The van der Waals surface area contributed by atoms with Crippen LogP contribution < -0.4 is 10.2 Å². The van der Waals surface area contributed by atoms with Gasteiger partial charge in [-0.2, -0.15) is 5.10 Å². The lowest BCUT2D eigenvalue weighted by atomic mass is 10.4. The molecule has 0 saturated carbocycles. The average molecular weight is 252 g/mol. The van der Waals surface area contributed by atoms with Gasteiger partial charge in [0, 0.05) is 16.6 Å². The maximum absolute atomic E-state index is 11.7. The first kappa shape index (κ1) is 11.6. The van der Waals surface area contributed by atoms with Gasteiger partial charge in [0.25, 0.3) is 0 Å². The molecular formula is C10H12N4O2S. The molecule has 0 atom stereocenters. The zero-order valence-electron chi connectivity index (χ0n) is 9.48. The molecule has 0 aliphatic carbocycles. The number of hydrogen-bond donors (Lipinski definition) is 2. The number of anilines is 1. The Morgan fingerprint density at radius 2 is 2.35 bits per heavy atom. The molecule has 2 aromatic heterocycles. The van der Waals surface area contributed by atoms with Gasteiger partial charge in [0.05, 0.1) is 6.20 Å². The summed E-state index contributed by atoms with van der Waals surface area (Å²) < 4.78 is 1.44. The van der Waals surface area contributed by atoms with Crippen molar-refractivity contribution in [2.75, 3.05) is 5.32 Å². The van der Waals surface area contributed by atoms with Gasteiger partial charge in [-0.15, -0.1) is 0 Å². The van der Waals surface area contributed by atoms with E-state index in [0.29, 0.717) is 5.82 Å². The molecule has 0 unspecified atom stereocenters. The first-order chi connectivity index (χ1) is 8.08. The fourth-order valence-electron chi connectivity index (χ4n) is 1.39. The predicted molar refractivity (Wildman–Crippen MR) is 65.3 cm³/mol. The summed E-state index contributed by atoms with van der Waals surface area (Å²) in [6.07, 6.45) is 1.62. The van der Waals surface area contributed by atoms with Crippen LogP contribution in [0.25, 0.3) is 0 Å². The third-order valence-corrected chi connectivity index (χ3v) is 3.25. The summed E-state index contributed by atoms with van der Waals surface area (Å²) in [5, 5.41) is 10.9. The van der Waals surface area contributed by atoms with E-state index >= 15 is 0 Å². The maximum atomic E-state index is 11.7. The van der Waals surface area contributed by atoms with E-state index in [9.17, 15) is 9.59 Å². The molecule has 90 valence electrons. The molecule has 0 aliphatic rings. The van der Waals surface area contributed by atoms with Gasteiger partial charge in [0.1, 0.15) is 12.4 Å². The van der Waals surface area contributed by atoms with Crippen LogP contribution in [0.1, 0.15) is 11.3 Å².